The lowest BCUT2D eigenvalue weighted by Crippen LogP contribution is -2.59. The SMILES string of the molecule is CC(C)(C1CC(N(C(=O)c2cncnc2)C(F)(F)F)C1)S(=O)(=O)c1cccc(C(F)(F)F)c1. The van der Waals surface area contributed by atoms with Gasteiger partial charge in [0, 0.05) is 18.4 Å². The van der Waals surface area contributed by atoms with Crippen molar-refractivity contribution >= 4 is 15.7 Å². The second-order valence-electron chi connectivity index (χ2n) is 8.22. The first-order valence-corrected chi connectivity index (χ1v) is 11.1. The lowest BCUT2D eigenvalue weighted by atomic mass is 9.72. The monoisotopic (exact) mass is 495 g/mol. The number of carbonyl (C=O) groups excluding carboxylic acids is 1. The molecule has 1 aromatic carbocycles. The average molecular weight is 495 g/mol. The standard InChI is InChI=1S/C20H19F6N3O3S/c1-18(2,33(31,32)16-5-3-4-13(8-16)19(21,22)23)14-6-15(7-14)29(20(24,25)26)17(30)12-9-27-11-28-10-12/h3-5,8-11,14-15H,6-7H2,1-2H3. The number of sulfone groups is 1. The molecule has 6 nitrogen and oxygen atoms in total. The van der Waals surface area contributed by atoms with Gasteiger partial charge in [0.25, 0.3) is 5.91 Å². The van der Waals surface area contributed by atoms with Crippen LogP contribution in [0.2, 0.25) is 0 Å². The fourth-order valence-electron chi connectivity index (χ4n) is 3.77. The second kappa shape index (κ2) is 8.26. The molecule has 0 unspecified atom stereocenters. The Balaban J connectivity index is 1.84. The summed E-state index contributed by atoms with van der Waals surface area (Å²) in [6, 6.07) is 1.88. The van der Waals surface area contributed by atoms with E-state index in [1.807, 2.05) is 0 Å². The van der Waals surface area contributed by atoms with Gasteiger partial charge in [-0.3, -0.25) is 4.79 Å². The summed E-state index contributed by atoms with van der Waals surface area (Å²) < 4.78 is 105. The van der Waals surface area contributed by atoms with Gasteiger partial charge in [0.1, 0.15) is 6.33 Å². The Morgan fingerprint density at radius 3 is 2.12 bits per heavy atom. The van der Waals surface area contributed by atoms with E-state index in [1.165, 1.54) is 13.8 Å². The van der Waals surface area contributed by atoms with Crippen LogP contribution in [0.5, 0.6) is 0 Å². The third-order valence-corrected chi connectivity index (χ3v) is 8.52. The van der Waals surface area contributed by atoms with E-state index in [-0.39, 0.29) is 23.3 Å². The van der Waals surface area contributed by atoms with E-state index in [0.29, 0.717) is 6.07 Å². The van der Waals surface area contributed by atoms with Crippen LogP contribution in [-0.2, 0) is 16.0 Å². The van der Waals surface area contributed by atoms with Gasteiger partial charge >= 0.3 is 12.5 Å². The van der Waals surface area contributed by atoms with E-state index in [9.17, 15) is 39.6 Å². The molecular formula is C20H19F6N3O3S. The van der Waals surface area contributed by atoms with Crippen molar-refractivity contribution in [1.82, 2.24) is 14.9 Å². The summed E-state index contributed by atoms with van der Waals surface area (Å²) in [7, 11) is -4.34. The second-order valence-corrected chi connectivity index (χ2v) is 10.8. The van der Waals surface area contributed by atoms with Crippen LogP contribution in [0.25, 0.3) is 0 Å². The zero-order chi connectivity index (χ0) is 24.8. The molecule has 13 heteroatoms. The maximum Gasteiger partial charge on any atom is 0.487 e. The minimum atomic E-state index is -5.04. The number of alkyl halides is 6. The molecule has 180 valence electrons. The van der Waals surface area contributed by atoms with Gasteiger partial charge in [0.15, 0.2) is 9.84 Å². The van der Waals surface area contributed by atoms with Crippen molar-refractivity contribution in [3.8, 4) is 0 Å². The van der Waals surface area contributed by atoms with Crippen LogP contribution in [-0.4, -0.2) is 46.3 Å². The maximum atomic E-state index is 13.6. The number of benzene rings is 1. The zero-order valence-corrected chi connectivity index (χ0v) is 18.2. The van der Waals surface area contributed by atoms with Crippen molar-refractivity contribution in [2.24, 2.45) is 5.92 Å². The van der Waals surface area contributed by atoms with Crippen LogP contribution >= 0.6 is 0 Å². The smallest absolute Gasteiger partial charge is 0.269 e. The summed E-state index contributed by atoms with van der Waals surface area (Å²) in [5.74, 6) is -2.20. The summed E-state index contributed by atoms with van der Waals surface area (Å²) in [6.45, 7) is 2.52. The number of aromatic nitrogens is 2. The number of amides is 1. The normalized spacial score (nSPS) is 19.6. The van der Waals surface area contributed by atoms with Gasteiger partial charge in [-0.1, -0.05) is 6.07 Å². The summed E-state index contributed by atoms with van der Waals surface area (Å²) >= 11 is 0. The highest BCUT2D eigenvalue weighted by Crippen LogP contribution is 2.47. The van der Waals surface area contributed by atoms with Crippen LogP contribution in [0.4, 0.5) is 26.3 Å². The average Bonchev–Trinajstić information content (AvgIpc) is 2.68. The minimum Gasteiger partial charge on any atom is -0.269 e. The highest BCUT2D eigenvalue weighted by Gasteiger charge is 2.55. The van der Waals surface area contributed by atoms with Crippen LogP contribution in [0.1, 0.15) is 42.6 Å². The summed E-state index contributed by atoms with van der Waals surface area (Å²) in [5, 5.41) is 0. The molecule has 0 spiro atoms. The number of hydrogen-bond acceptors (Lipinski definition) is 5. The number of nitrogens with zero attached hydrogens (tertiary/aromatic N) is 3. The molecule has 0 aliphatic heterocycles. The lowest BCUT2D eigenvalue weighted by molar-refractivity contribution is -0.246. The van der Waals surface area contributed by atoms with Crippen LogP contribution in [0.15, 0.2) is 47.9 Å². The Hall–Kier alpha value is -2.70. The highest BCUT2D eigenvalue weighted by atomic mass is 32.2. The molecule has 1 heterocycles. The van der Waals surface area contributed by atoms with Gasteiger partial charge in [0.2, 0.25) is 0 Å². The molecular weight excluding hydrogens is 476 g/mol. The van der Waals surface area contributed by atoms with Crippen molar-refractivity contribution in [2.75, 3.05) is 0 Å². The Morgan fingerprint density at radius 2 is 1.61 bits per heavy atom. The van der Waals surface area contributed by atoms with E-state index in [1.54, 1.807) is 0 Å². The number of hydrogen-bond donors (Lipinski definition) is 0. The lowest BCUT2D eigenvalue weighted by Gasteiger charge is -2.48. The van der Waals surface area contributed by atoms with Crippen LogP contribution in [0.3, 0.4) is 0 Å². The van der Waals surface area contributed by atoms with Gasteiger partial charge in [-0.25, -0.2) is 23.3 Å². The van der Waals surface area contributed by atoms with E-state index < -0.39 is 55.4 Å². The van der Waals surface area contributed by atoms with Crippen LogP contribution < -0.4 is 0 Å². The topological polar surface area (TPSA) is 80.2 Å². The largest absolute Gasteiger partial charge is 0.487 e. The molecule has 2 aromatic rings. The maximum absolute atomic E-state index is 13.6. The highest BCUT2D eigenvalue weighted by molar-refractivity contribution is 7.92. The molecule has 33 heavy (non-hydrogen) atoms. The van der Waals surface area contributed by atoms with Crippen LogP contribution in [0, 0.1) is 5.92 Å². The van der Waals surface area contributed by atoms with Crippen molar-refractivity contribution in [3.63, 3.8) is 0 Å². The van der Waals surface area contributed by atoms with Crippen molar-refractivity contribution in [2.45, 2.75) is 54.8 Å². The van der Waals surface area contributed by atoms with Crippen molar-refractivity contribution in [3.05, 3.63) is 54.1 Å². The van der Waals surface area contributed by atoms with Crippen molar-refractivity contribution in [1.29, 1.82) is 0 Å². The van der Waals surface area contributed by atoms with Gasteiger partial charge in [-0.15, -0.1) is 13.2 Å². The molecule has 1 fully saturated rings. The third-order valence-electron chi connectivity index (χ3n) is 5.93. The molecule has 1 aromatic heterocycles. The Labute approximate surface area is 185 Å². The van der Waals surface area contributed by atoms with Gasteiger partial charge in [-0.05, 0) is 50.8 Å². The zero-order valence-electron chi connectivity index (χ0n) is 17.4. The molecule has 0 saturated heterocycles. The van der Waals surface area contributed by atoms with Gasteiger partial charge in [0.05, 0.1) is 20.8 Å². The number of carbonyl (C=O) groups is 1. The third kappa shape index (κ3) is 4.68. The molecule has 1 saturated carbocycles. The van der Waals surface area contributed by atoms with E-state index in [4.69, 9.17) is 0 Å². The summed E-state index contributed by atoms with van der Waals surface area (Å²) in [6.07, 6.45) is -7.47. The molecule has 3 rings (SSSR count). The predicted molar refractivity (Wildman–Crippen MR) is 103 cm³/mol. The van der Waals surface area contributed by atoms with E-state index in [2.05, 4.69) is 9.97 Å². The first kappa shape index (κ1) is 24.9. The number of halogens is 6. The first-order valence-electron chi connectivity index (χ1n) is 9.64. The van der Waals surface area contributed by atoms with E-state index in [0.717, 1.165) is 36.9 Å². The molecule has 0 bridgehead atoms. The fourth-order valence-corrected chi connectivity index (χ4v) is 5.54. The Bertz CT molecular complexity index is 1130. The summed E-state index contributed by atoms with van der Waals surface area (Å²) in [5.41, 5.74) is -1.53. The predicted octanol–water partition coefficient (Wildman–Crippen LogP) is 4.49. The number of rotatable bonds is 5. The van der Waals surface area contributed by atoms with Gasteiger partial charge in [-0.2, -0.15) is 13.2 Å². The molecule has 1 aliphatic rings. The minimum absolute atomic E-state index is 0.283. The molecule has 0 atom stereocenters. The summed E-state index contributed by atoms with van der Waals surface area (Å²) in [4.78, 5) is 18.6. The molecule has 1 amide bonds. The molecule has 0 radical (unpaired) electrons. The Morgan fingerprint density at radius 1 is 1.03 bits per heavy atom. The van der Waals surface area contributed by atoms with E-state index >= 15 is 0 Å². The first-order chi connectivity index (χ1) is 15.1. The Kier molecular flexibility index (Phi) is 6.24. The quantitative estimate of drug-likeness (QED) is 0.451. The molecule has 0 N–H and O–H groups in total. The molecule has 1 aliphatic carbocycles. The van der Waals surface area contributed by atoms with Crippen molar-refractivity contribution < 1.29 is 39.6 Å². The fraction of sp³-hybridized carbons (Fsp3) is 0.450. The van der Waals surface area contributed by atoms with Gasteiger partial charge < -0.3 is 0 Å².